The number of hydrogen-bond donors (Lipinski definition) is 3. The average molecular weight is 258 g/mol. The maximum atomic E-state index is 9.78. The van der Waals surface area contributed by atoms with Gasteiger partial charge in [0.1, 0.15) is 5.84 Å². The van der Waals surface area contributed by atoms with Gasteiger partial charge in [0, 0.05) is 45.2 Å². The highest BCUT2D eigenvalue weighted by molar-refractivity contribution is 5.80. The van der Waals surface area contributed by atoms with E-state index in [-0.39, 0.29) is 11.9 Å². The van der Waals surface area contributed by atoms with Crippen molar-refractivity contribution in [3.8, 4) is 0 Å². The minimum absolute atomic E-state index is 0.279. The summed E-state index contributed by atoms with van der Waals surface area (Å²) in [4.78, 5) is 4.60. The van der Waals surface area contributed by atoms with E-state index in [9.17, 15) is 5.11 Å². The summed E-state index contributed by atoms with van der Waals surface area (Å²) < 4.78 is 0. The quantitative estimate of drug-likeness (QED) is 0.277. The molecule has 1 rings (SSSR count). The fraction of sp³-hybridized carbons (Fsp3) is 0.917. The second-order valence-electron chi connectivity index (χ2n) is 5.77. The Bertz CT molecular complexity index is 280. The van der Waals surface area contributed by atoms with Crippen molar-refractivity contribution in [1.29, 1.82) is 0 Å². The summed E-state index contributed by atoms with van der Waals surface area (Å²) in [6, 6.07) is 0.283. The Hall–Kier alpha value is -0.850. The van der Waals surface area contributed by atoms with E-state index in [2.05, 4.69) is 21.9 Å². The van der Waals surface area contributed by atoms with Crippen LogP contribution in [0.15, 0.2) is 5.16 Å². The van der Waals surface area contributed by atoms with Crippen molar-refractivity contribution in [2.75, 3.05) is 32.7 Å². The van der Waals surface area contributed by atoms with Gasteiger partial charge in [-0.1, -0.05) is 5.16 Å². The molecule has 1 aliphatic heterocycles. The van der Waals surface area contributed by atoms with Gasteiger partial charge in [0.05, 0.1) is 5.60 Å². The number of amidine groups is 1. The second-order valence-corrected chi connectivity index (χ2v) is 5.77. The zero-order chi connectivity index (χ0) is 13.8. The summed E-state index contributed by atoms with van der Waals surface area (Å²) in [7, 11) is 0. The summed E-state index contributed by atoms with van der Waals surface area (Å²) in [6.07, 6.45) is 0.585. The molecule has 0 amide bonds. The van der Waals surface area contributed by atoms with Gasteiger partial charge in [-0.2, -0.15) is 0 Å². The van der Waals surface area contributed by atoms with Crippen LogP contribution in [0.4, 0.5) is 0 Å². The molecule has 0 aliphatic carbocycles. The van der Waals surface area contributed by atoms with Gasteiger partial charge in [-0.3, -0.25) is 9.80 Å². The molecule has 1 heterocycles. The van der Waals surface area contributed by atoms with Crippen LogP contribution in [0.5, 0.6) is 0 Å². The van der Waals surface area contributed by atoms with Crippen molar-refractivity contribution in [3.05, 3.63) is 0 Å². The predicted molar refractivity (Wildman–Crippen MR) is 71.8 cm³/mol. The lowest BCUT2D eigenvalue weighted by molar-refractivity contribution is 0.0127. The van der Waals surface area contributed by atoms with Gasteiger partial charge in [0.25, 0.3) is 0 Å². The lowest BCUT2D eigenvalue weighted by atomic mass is 10.1. The lowest BCUT2D eigenvalue weighted by Gasteiger charge is -2.39. The van der Waals surface area contributed by atoms with E-state index < -0.39 is 5.60 Å². The van der Waals surface area contributed by atoms with E-state index in [1.54, 1.807) is 0 Å². The zero-order valence-electron chi connectivity index (χ0n) is 11.6. The Morgan fingerprint density at radius 2 is 1.89 bits per heavy atom. The first-order valence-corrected chi connectivity index (χ1v) is 6.47. The lowest BCUT2D eigenvalue weighted by Crippen LogP contribution is -2.53. The number of oxime groups is 1. The molecule has 6 heteroatoms. The first-order valence-electron chi connectivity index (χ1n) is 6.47. The molecule has 0 bridgehead atoms. The molecule has 1 saturated heterocycles. The van der Waals surface area contributed by atoms with Crippen LogP contribution in [0.1, 0.15) is 27.2 Å². The molecule has 0 aromatic rings. The number of nitrogens with zero attached hydrogens (tertiary/aromatic N) is 3. The van der Waals surface area contributed by atoms with Crippen molar-refractivity contribution >= 4 is 5.84 Å². The van der Waals surface area contributed by atoms with Crippen LogP contribution in [-0.4, -0.2) is 70.3 Å². The molecule has 0 spiro atoms. The Morgan fingerprint density at radius 1 is 1.33 bits per heavy atom. The van der Waals surface area contributed by atoms with Crippen LogP contribution in [-0.2, 0) is 0 Å². The molecule has 0 aromatic carbocycles. The smallest absolute Gasteiger partial charge is 0.140 e. The highest BCUT2D eigenvalue weighted by Crippen LogP contribution is 2.12. The number of piperazine rings is 1. The maximum absolute atomic E-state index is 9.78. The van der Waals surface area contributed by atoms with E-state index in [1.165, 1.54) is 0 Å². The van der Waals surface area contributed by atoms with E-state index in [1.807, 2.05) is 13.8 Å². The van der Waals surface area contributed by atoms with Gasteiger partial charge >= 0.3 is 0 Å². The average Bonchev–Trinajstić information content (AvgIpc) is 2.27. The highest BCUT2D eigenvalue weighted by Gasteiger charge is 2.25. The third kappa shape index (κ3) is 5.20. The molecule has 1 aliphatic rings. The van der Waals surface area contributed by atoms with Crippen molar-refractivity contribution in [2.24, 2.45) is 10.9 Å². The minimum Gasteiger partial charge on any atom is -0.409 e. The third-order valence-corrected chi connectivity index (χ3v) is 3.27. The molecule has 106 valence electrons. The van der Waals surface area contributed by atoms with Gasteiger partial charge in [-0.05, 0) is 20.8 Å². The van der Waals surface area contributed by atoms with Gasteiger partial charge in [-0.25, -0.2) is 0 Å². The number of nitrogens with two attached hydrogens (primary N) is 1. The van der Waals surface area contributed by atoms with Gasteiger partial charge in [0.2, 0.25) is 0 Å². The molecule has 4 N–H and O–H groups in total. The molecule has 18 heavy (non-hydrogen) atoms. The van der Waals surface area contributed by atoms with Crippen molar-refractivity contribution in [3.63, 3.8) is 0 Å². The molecule has 6 nitrogen and oxygen atoms in total. The maximum Gasteiger partial charge on any atom is 0.140 e. The zero-order valence-corrected chi connectivity index (χ0v) is 11.6. The van der Waals surface area contributed by atoms with Crippen LogP contribution in [0.2, 0.25) is 0 Å². The van der Waals surface area contributed by atoms with Crippen LogP contribution < -0.4 is 5.73 Å². The molecular formula is C12H26N4O2. The molecule has 0 radical (unpaired) electrons. The largest absolute Gasteiger partial charge is 0.409 e. The van der Waals surface area contributed by atoms with Crippen molar-refractivity contribution in [1.82, 2.24) is 9.80 Å². The number of aliphatic hydroxyl groups is 1. The van der Waals surface area contributed by atoms with Crippen molar-refractivity contribution < 1.29 is 10.3 Å². The van der Waals surface area contributed by atoms with Crippen LogP contribution in [0.25, 0.3) is 0 Å². The summed E-state index contributed by atoms with van der Waals surface area (Å²) in [6.45, 7) is 10.3. The van der Waals surface area contributed by atoms with Crippen molar-refractivity contribution in [2.45, 2.75) is 38.8 Å². The fourth-order valence-corrected chi connectivity index (χ4v) is 2.38. The van der Waals surface area contributed by atoms with Crippen LogP contribution in [0, 0.1) is 0 Å². The summed E-state index contributed by atoms with van der Waals surface area (Å²) in [5.74, 6) is 0.279. The first kappa shape index (κ1) is 15.2. The Morgan fingerprint density at radius 3 is 2.33 bits per heavy atom. The number of β-amino-alcohol motifs (C(OH)–C–C–N with tert-alkyl or cyclic N) is 1. The topological polar surface area (TPSA) is 85.3 Å². The van der Waals surface area contributed by atoms with Crippen LogP contribution in [0.3, 0.4) is 0 Å². The summed E-state index contributed by atoms with van der Waals surface area (Å²) >= 11 is 0. The molecular weight excluding hydrogens is 232 g/mol. The van der Waals surface area contributed by atoms with Gasteiger partial charge < -0.3 is 16.0 Å². The molecule has 1 fully saturated rings. The Kier molecular flexibility index (Phi) is 5.37. The Balaban J connectivity index is 2.35. The second kappa shape index (κ2) is 6.36. The van der Waals surface area contributed by atoms with E-state index in [0.29, 0.717) is 13.0 Å². The fourth-order valence-electron chi connectivity index (χ4n) is 2.38. The molecule has 0 aromatic heterocycles. The number of rotatable bonds is 5. The molecule has 1 atom stereocenters. The SMILES string of the molecule is CC(CC(N)=NO)N1CCN(CC(C)(C)O)CC1. The van der Waals surface area contributed by atoms with Crippen LogP contribution >= 0.6 is 0 Å². The third-order valence-electron chi connectivity index (χ3n) is 3.27. The summed E-state index contributed by atoms with van der Waals surface area (Å²) in [5.41, 5.74) is 4.88. The van der Waals surface area contributed by atoms with E-state index in [4.69, 9.17) is 10.9 Å². The first-order chi connectivity index (χ1) is 8.31. The Labute approximate surface area is 109 Å². The highest BCUT2D eigenvalue weighted by atomic mass is 16.4. The number of hydrogen-bond acceptors (Lipinski definition) is 5. The predicted octanol–water partition coefficient (Wildman–Crippen LogP) is -0.100. The monoisotopic (exact) mass is 258 g/mol. The minimum atomic E-state index is -0.637. The summed E-state index contributed by atoms with van der Waals surface area (Å²) in [5, 5.41) is 21.4. The van der Waals surface area contributed by atoms with Gasteiger partial charge in [0.15, 0.2) is 0 Å². The molecule has 0 saturated carbocycles. The van der Waals surface area contributed by atoms with E-state index in [0.717, 1.165) is 26.2 Å². The molecule has 1 unspecified atom stereocenters. The standard InChI is InChI=1S/C12H26N4O2/c1-10(8-11(13)14-18)16-6-4-15(5-7-16)9-12(2,3)17/h10,17-18H,4-9H2,1-3H3,(H2,13,14). The van der Waals surface area contributed by atoms with E-state index >= 15 is 0 Å². The van der Waals surface area contributed by atoms with Gasteiger partial charge in [-0.15, -0.1) is 0 Å². The normalized spacial score (nSPS) is 22.1.